The Kier molecular flexibility index (Phi) is 4.02. The molecule has 3 unspecified atom stereocenters. The summed E-state index contributed by atoms with van der Waals surface area (Å²) in [6.07, 6.45) is -2.18. The summed E-state index contributed by atoms with van der Waals surface area (Å²) < 4.78 is 38.3. The van der Waals surface area contributed by atoms with Crippen molar-refractivity contribution in [2.45, 2.75) is 44.8 Å². The SMILES string of the molecule is Cc1ccsc1C(N)C1CCCC(C(F)(F)F)C1. The molecule has 3 atom stereocenters. The second-order valence-electron chi connectivity index (χ2n) is 5.16. The van der Waals surface area contributed by atoms with E-state index in [-0.39, 0.29) is 24.8 Å². The van der Waals surface area contributed by atoms with Crippen molar-refractivity contribution in [3.05, 3.63) is 21.9 Å². The van der Waals surface area contributed by atoms with Gasteiger partial charge in [-0.1, -0.05) is 6.42 Å². The van der Waals surface area contributed by atoms with E-state index in [0.29, 0.717) is 6.42 Å². The molecule has 18 heavy (non-hydrogen) atoms. The Labute approximate surface area is 109 Å². The average Bonchev–Trinajstić information content (AvgIpc) is 2.73. The fourth-order valence-electron chi connectivity index (χ4n) is 2.79. The third-order valence-corrected chi connectivity index (χ3v) is 5.01. The molecule has 1 heterocycles. The number of rotatable bonds is 2. The maximum Gasteiger partial charge on any atom is 0.391 e. The third-order valence-electron chi connectivity index (χ3n) is 3.89. The molecule has 1 aliphatic carbocycles. The largest absolute Gasteiger partial charge is 0.391 e. The normalized spacial score (nSPS) is 27.2. The molecule has 0 bridgehead atoms. The summed E-state index contributed by atoms with van der Waals surface area (Å²) in [5.41, 5.74) is 7.26. The van der Waals surface area contributed by atoms with E-state index >= 15 is 0 Å². The van der Waals surface area contributed by atoms with Gasteiger partial charge >= 0.3 is 6.18 Å². The van der Waals surface area contributed by atoms with Crippen molar-refractivity contribution in [1.82, 2.24) is 0 Å². The number of thiophene rings is 1. The molecule has 1 fully saturated rings. The molecule has 2 rings (SSSR count). The lowest BCUT2D eigenvalue weighted by Crippen LogP contribution is -2.33. The van der Waals surface area contributed by atoms with Crippen LogP contribution < -0.4 is 5.73 Å². The fraction of sp³-hybridized carbons (Fsp3) is 0.692. The third kappa shape index (κ3) is 2.88. The Bertz CT molecular complexity index is 399. The minimum Gasteiger partial charge on any atom is -0.323 e. The van der Waals surface area contributed by atoms with Gasteiger partial charge in [0.25, 0.3) is 0 Å². The summed E-state index contributed by atoms with van der Waals surface area (Å²) in [6.45, 7) is 1.97. The molecule has 0 aliphatic heterocycles. The summed E-state index contributed by atoms with van der Waals surface area (Å²) >= 11 is 1.55. The summed E-state index contributed by atoms with van der Waals surface area (Å²) in [5, 5.41) is 1.95. The van der Waals surface area contributed by atoms with Crippen LogP contribution in [-0.4, -0.2) is 6.18 Å². The number of halogens is 3. The van der Waals surface area contributed by atoms with Crippen LogP contribution >= 0.6 is 11.3 Å². The highest BCUT2D eigenvalue weighted by Crippen LogP contribution is 2.44. The molecule has 0 saturated heterocycles. The van der Waals surface area contributed by atoms with E-state index in [4.69, 9.17) is 5.73 Å². The Morgan fingerprint density at radius 1 is 1.39 bits per heavy atom. The van der Waals surface area contributed by atoms with Crippen LogP contribution in [0.5, 0.6) is 0 Å². The van der Waals surface area contributed by atoms with Crippen molar-refractivity contribution >= 4 is 11.3 Å². The average molecular weight is 277 g/mol. The quantitative estimate of drug-likeness (QED) is 0.850. The first-order chi connectivity index (χ1) is 8.39. The minimum atomic E-state index is -4.07. The Morgan fingerprint density at radius 2 is 2.11 bits per heavy atom. The van der Waals surface area contributed by atoms with Crippen LogP contribution in [0.25, 0.3) is 0 Å². The van der Waals surface area contributed by atoms with Crippen molar-refractivity contribution in [3.8, 4) is 0 Å². The lowest BCUT2D eigenvalue weighted by molar-refractivity contribution is -0.186. The van der Waals surface area contributed by atoms with Crippen molar-refractivity contribution in [2.75, 3.05) is 0 Å². The number of nitrogens with two attached hydrogens (primary N) is 1. The predicted octanol–water partition coefficient (Wildman–Crippen LogP) is 4.43. The molecular formula is C13H18F3NS. The summed E-state index contributed by atoms with van der Waals surface area (Å²) in [6, 6.07) is 1.74. The van der Waals surface area contributed by atoms with Gasteiger partial charge in [0, 0.05) is 10.9 Å². The second-order valence-corrected chi connectivity index (χ2v) is 6.11. The molecule has 1 nitrogen and oxygen atoms in total. The standard InChI is InChI=1S/C13H18F3NS/c1-8-5-6-18-12(8)11(17)9-3-2-4-10(7-9)13(14,15)16/h5-6,9-11H,2-4,7,17H2,1H3. The lowest BCUT2D eigenvalue weighted by Gasteiger charge is -2.33. The zero-order valence-electron chi connectivity index (χ0n) is 10.3. The number of hydrogen-bond donors (Lipinski definition) is 1. The molecule has 0 radical (unpaired) electrons. The first-order valence-corrected chi connectivity index (χ1v) is 7.14. The molecule has 0 aromatic carbocycles. The van der Waals surface area contributed by atoms with Gasteiger partial charge in [0.15, 0.2) is 0 Å². The molecule has 1 aromatic rings. The van der Waals surface area contributed by atoms with Gasteiger partial charge < -0.3 is 5.73 Å². The molecule has 1 aromatic heterocycles. The zero-order chi connectivity index (χ0) is 13.3. The number of aryl methyl sites for hydroxylation is 1. The molecule has 5 heteroatoms. The van der Waals surface area contributed by atoms with Gasteiger partial charge in [-0.2, -0.15) is 13.2 Å². The van der Waals surface area contributed by atoms with E-state index < -0.39 is 12.1 Å². The van der Waals surface area contributed by atoms with E-state index in [1.807, 2.05) is 18.4 Å². The monoisotopic (exact) mass is 277 g/mol. The zero-order valence-corrected chi connectivity index (χ0v) is 11.2. The van der Waals surface area contributed by atoms with Gasteiger partial charge in [-0.25, -0.2) is 0 Å². The van der Waals surface area contributed by atoms with Crippen molar-refractivity contribution in [2.24, 2.45) is 17.6 Å². The molecule has 1 aliphatic rings. The van der Waals surface area contributed by atoms with Gasteiger partial charge in [0.1, 0.15) is 0 Å². The second kappa shape index (κ2) is 5.21. The lowest BCUT2D eigenvalue weighted by atomic mass is 9.77. The van der Waals surface area contributed by atoms with Crippen molar-refractivity contribution in [3.63, 3.8) is 0 Å². The molecule has 102 valence electrons. The minimum absolute atomic E-state index is 0.0391. The van der Waals surface area contributed by atoms with Crippen molar-refractivity contribution < 1.29 is 13.2 Å². The molecule has 1 saturated carbocycles. The maximum absolute atomic E-state index is 12.8. The van der Waals surface area contributed by atoms with Gasteiger partial charge in [0.05, 0.1) is 5.92 Å². The highest BCUT2D eigenvalue weighted by molar-refractivity contribution is 7.10. The van der Waals surface area contributed by atoms with Crippen LogP contribution in [-0.2, 0) is 0 Å². The molecular weight excluding hydrogens is 259 g/mol. The molecule has 0 spiro atoms. The highest BCUT2D eigenvalue weighted by atomic mass is 32.1. The van der Waals surface area contributed by atoms with Gasteiger partial charge in [0.2, 0.25) is 0 Å². The highest BCUT2D eigenvalue weighted by Gasteiger charge is 2.43. The van der Waals surface area contributed by atoms with E-state index in [2.05, 4.69) is 0 Å². The van der Waals surface area contributed by atoms with Crippen LogP contribution in [0.1, 0.15) is 42.2 Å². The van der Waals surface area contributed by atoms with Crippen LogP contribution in [0.2, 0.25) is 0 Å². The Hall–Kier alpha value is -0.550. The van der Waals surface area contributed by atoms with Crippen LogP contribution in [0, 0.1) is 18.8 Å². The topological polar surface area (TPSA) is 26.0 Å². The summed E-state index contributed by atoms with van der Waals surface area (Å²) in [5.74, 6) is -1.20. The predicted molar refractivity (Wildman–Crippen MR) is 67.5 cm³/mol. The molecule has 2 N–H and O–H groups in total. The smallest absolute Gasteiger partial charge is 0.323 e. The number of alkyl halides is 3. The maximum atomic E-state index is 12.8. The van der Waals surface area contributed by atoms with Gasteiger partial charge in [-0.15, -0.1) is 11.3 Å². The van der Waals surface area contributed by atoms with Crippen LogP contribution in [0.3, 0.4) is 0 Å². The Morgan fingerprint density at radius 3 is 2.67 bits per heavy atom. The number of hydrogen-bond acceptors (Lipinski definition) is 2. The van der Waals surface area contributed by atoms with E-state index in [0.717, 1.165) is 16.9 Å². The first-order valence-electron chi connectivity index (χ1n) is 6.26. The Balaban J connectivity index is 2.07. The van der Waals surface area contributed by atoms with Crippen LogP contribution in [0.4, 0.5) is 13.2 Å². The molecule has 0 amide bonds. The van der Waals surface area contributed by atoms with Gasteiger partial charge in [-0.05, 0) is 49.1 Å². The van der Waals surface area contributed by atoms with E-state index in [1.54, 1.807) is 11.3 Å². The van der Waals surface area contributed by atoms with Gasteiger partial charge in [-0.3, -0.25) is 0 Å². The van der Waals surface area contributed by atoms with E-state index in [1.165, 1.54) is 0 Å². The van der Waals surface area contributed by atoms with E-state index in [9.17, 15) is 13.2 Å². The van der Waals surface area contributed by atoms with Crippen LogP contribution in [0.15, 0.2) is 11.4 Å². The van der Waals surface area contributed by atoms with Crippen molar-refractivity contribution in [1.29, 1.82) is 0 Å². The summed E-state index contributed by atoms with van der Waals surface area (Å²) in [7, 11) is 0. The fourth-order valence-corrected chi connectivity index (χ4v) is 3.81. The first kappa shape index (κ1) is 13.9. The summed E-state index contributed by atoms with van der Waals surface area (Å²) in [4.78, 5) is 1.04.